The van der Waals surface area contributed by atoms with E-state index in [2.05, 4.69) is 40.2 Å². The lowest BCUT2D eigenvalue weighted by Gasteiger charge is -2.15. The van der Waals surface area contributed by atoms with Gasteiger partial charge in [0.05, 0.1) is 17.3 Å². The SMILES string of the molecule is COc1ccc(Oc2ccccc2NCCCN(C)C)c(Br)c1. The molecule has 0 atom stereocenters. The third kappa shape index (κ3) is 5.44. The molecule has 124 valence electrons. The lowest BCUT2D eigenvalue weighted by molar-refractivity contribution is 0.405. The quantitative estimate of drug-likeness (QED) is 0.679. The number of nitrogens with zero attached hydrogens (tertiary/aromatic N) is 1. The maximum atomic E-state index is 6.04. The smallest absolute Gasteiger partial charge is 0.150 e. The highest BCUT2D eigenvalue weighted by Crippen LogP contribution is 2.35. The van der Waals surface area contributed by atoms with E-state index in [4.69, 9.17) is 9.47 Å². The average molecular weight is 379 g/mol. The second-order valence-corrected chi connectivity index (χ2v) is 6.33. The van der Waals surface area contributed by atoms with Gasteiger partial charge in [-0.05, 0) is 73.3 Å². The summed E-state index contributed by atoms with van der Waals surface area (Å²) in [5.74, 6) is 2.36. The minimum atomic E-state index is 0.758. The van der Waals surface area contributed by atoms with Gasteiger partial charge in [0, 0.05) is 6.54 Å². The number of methoxy groups -OCH3 is 1. The maximum absolute atomic E-state index is 6.04. The molecule has 0 radical (unpaired) electrons. The second-order valence-electron chi connectivity index (χ2n) is 5.48. The number of rotatable bonds is 8. The highest BCUT2D eigenvalue weighted by molar-refractivity contribution is 9.10. The van der Waals surface area contributed by atoms with Gasteiger partial charge >= 0.3 is 0 Å². The van der Waals surface area contributed by atoms with Crippen LogP contribution in [0.4, 0.5) is 5.69 Å². The highest BCUT2D eigenvalue weighted by atomic mass is 79.9. The highest BCUT2D eigenvalue weighted by Gasteiger charge is 2.08. The van der Waals surface area contributed by atoms with Gasteiger partial charge in [-0.25, -0.2) is 0 Å². The Kier molecular flexibility index (Phi) is 6.74. The first-order valence-electron chi connectivity index (χ1n) is 7.59. The van der Waals surface area contributed by atoms with Gasteiger partial charge < -0.3 is 19.7 Å². The van der Waals surface area contributed by atoms with E-state index >= 15 is 0 Å². The van der Waals surface area contributed by atoms with Crippen molar-refractivity contribution in [3.63, 3.8) is 0 Å². The Morgan fingerprint density at radius 1 is 1.09 bits per heavy atom. The van der Waals surface area contributed by atoms with Crippen LogP contribution in [0.1, 0.15) is 6.42 Å². The Balaban J connectivity index is 2.05. The van der Waals surface area contributed by atoms with Crippen molar-refractivity contribution < 1.29 is 9.47 Å². The molecule has 2 rings (SSSR count). The third-order valence-electron chi connectivity index (χ3n) is 3.34. The number of halogens is 1. The van der Waals surface area contributed by atoms with Crippen LogP contribution < -0.4 is 14.8 Å². The van der Waals surface area contributed by atoms with Crippen molar-refractivity contribution >= 4 is 21.6 Å². The first kappa shape index (κ1) is 17.6. The largest absolute Gasteiger partial charge is 0.497 e. The molecule has 23 heavy (non-hydrogen) atoms. The molecule has 2 aromatic rings. The summed E-state index contributed by atoms with van der Waals surface area (Å²) in [6.07, 6.45) is 1.08. The summed E-state index contributed by atoms with van der Waals surface area (Å²) >= 11 is 3.52. The van der Waals surface area contributed by atoms with Crippen LogP contribution in [0.2, 0.25) is 0 Å². The summed E-state index contributed by atoms with van der Waals surface area (Å²) in [6, 6.07) is 13.6. The molecule has 0 aliphatic heterocycles. The fourth-order valence-electron chi connectivity index (χ4n) is 2.13. The van der Waals surface area contributed by atoms with Crippen molar-refractivity contribution in [2.45, 2.75) is 6.42 Å². The zero-order valence-electron chi connectivity index (χ0n) is 13.8. The number of benzene rings is 2. The number of hydrogen-bond acceptors (Lipinski definition) is 4. The van der Waals surface area contributed by atoms with Crippen molar-refractivity contribution in [1.29, 1.82) is 0 Å². The fraction of sp³-hybridized carbons (Fsp3) is 0.333. The van der Waals surface area contributed by atoms with Crippen LogP contribution >= 0.6 is 15.9 Å². The molecule has 0 spiro atoms. The van der Waals surface area contributed by atoms with Crippen molar-refractivity contribution in [1.82, 2.24) is 4.90 Å². The monoisotopic (exact) mass is 378 g/mol. The van der Waals surface area contributed by atoms with Gasteiger partial charge in [0.1, 0.15) is 11.5 Å². The Labute approximate surface area is 146 Å². The van der Waals surface area contributed by atoms with E-state index in [-0.39, 0.29) is 0 Å². The van der Waals surface area contributed by atoms with E-state index < -0.39 is 0 Å². The molecule has 2 aromatic carbocycles. The zero-order chi connectivity index (χ0) is 16.7. The Hall–Kier alpha value is -1.72. The third-order valence-corrected chi connectivity index (χ3v) is 3.96. The molecule has 0 bridgehead atoms. The van der Waals surface area contributed by atoms with Crippen LogP contribution in [0, 0.1) is 0 Å². The van der Waals surface area contributed by atoms with Gasteiger partial charge in [0.25, 0.3) is 0 Å². The molecule has 0 aliphatic carbocycles. The summed E-state index contributed by atoms with van der Waals surface area (Å²) < 4.78 is 12.1. The van der Waals surface area contributed by atoms with E-state index in [9.17, 15) is 0 Å². The zero-order valence-corrected chi connectivity index (χ0v) is 15.4. The van der Waals surface area contributed by atoms with E-state index in [0.29, 0.717) is 0 Å². The summed E-state index contributed by atoms with van der Waals surface area (Å²) in [4.78, 5) is 2.18. The van der Waals surface area contributed by atoms with E-state index in [1.807, 2.05) is 42.5 Å². The molecule has 1 N–H and O–H groups in total. The van der Waals surface area contributed by atoms with Gasteiger partial charge in [-0.15, -0.1) is 0 Å². The molecule has 0 fully saturated rings. The predicted molar refractivity (Wildman–Crippen MR) is 98.9 cm³/mol. The van der Waals surface area contributed by atoms with Gasteiger partial charge in [-0.3, -0.25) is 0 Å². The normalized spacial score (nSPS) is 10.7. The molecule has 0 aliphatic rings. The second kappa shape index (κ2) is 8.79. The number of para-hydroxylation sites is 2. The van der Waals surface area contributed by atoms with Gasteiger partial charge in [0.2, 0.25) is 0 Å². The summed E-state index contributed by atoms with van der Waals surface area (Å²) in [6.45, 7) is 1.96. The lowest BCUT2D eigenvalue weighted by Crippen LogP contribution is -2.16. The van der Waals surface area contributed by atoms with Crippen molar-refractivity contribution in [3.05, 3.63) is 46.9 Å². The first-order valence-corrected chi connectivity index (χ1v) is 8.38. The summed E-state index contributed by atoms with van der Waals surface area (Å²) in [5, 5.41) is 3.44. The number of ether oxygens (including phenoxy) is 2. The van der Waals surface area contributed by atoms with Gasteiger partial charge in [0.15, 0.2) is 5.75 Å². The fourth-order valence-corrected chi connectivity index (χ4v) is 2.57. The van der Waals surface area contributed by atoms with Crippen LogP contribution in [0.25, 0.3) is 0 Å². The summed E-state index contributed by atoms with van der Waals surface area (Å²) in [7, 11) is 5.81. The van der Waals surface area contributed by atoms with Crippen molar-refractivity contribution in [2.24, 2.45) is 0 Å². The molecular formula is C18H23BrN2O2. The molecule has 0 saturated heterocycles. The Bertz CT molecular complexity index is 632. The van der Waals surface area contributed by atoms with Crippen molar-refractivity contribution in [3.8, 4) is 17.2 Å². The van der Waals surface area contributed by atoms with Gasteiger partial charge in [-0.1, -0.05) is 12.1 Å². The molecule has 0 unspecified atom stereocenters. The van der Waals surface area contributed by atoms with Crippen LogP contribution in [-0.2, 0) is 0 Å². The first-order chi connectivity index (χ1) is 11.1. The number of anilines is 1. The number of nitrogens with one attached hydrogen (secondary N) is 1. The van der Waals surface area contributed by atoms with Crippen molar-refractivity contribution in [2.75, 3.05) is 39.6 Å². The van der Waals surface area contributed by atoms with Crippen LogP contribution in [0.3, 0.4) is 0 Å². The number of hydrogen-bond donors (Lipinski definition) is 1. The van der Waals surface area contributed by atoms with Crippen LogP contribution in [-0.4, -0.2) is 39.2 Å². The van der Waals surface area contributed by atoms with Crippen LogP contribution in [0.15, 0.2) is 46.9 Å². The lowest BCUT2D eigenvalue weighted by atomic mass is 10.2. The molecule has 0 saturated carbocycles. The molecule has 5 heteroatoms. The molecule has 0 heterocycles. The molecule has 4 nitrogen and oxygen atoms in total. The Morgan fingerprint density at radius 3 is 2.57 bits per heavy atom. The Morgan fingerprint density at radius 2 is 1.87 bits per heavy atom. The standard InChI is InChI=1S/C18H23BrN2O2/c1-21(2)12-6-11-20-16-7-4-5-8-18(16)23-17-10-9-14(22-3)13-15(17)19/h4-5,7-10,13,20H,6,11-12H2,1-3H3. The maximum Gasteiger partial charge on any atom is 0.150 e. The van der Waals surface area contributed by atoms with Crippen LogP contribution in [0.5, 0.6) is 17.2 Å². The summed E-state index contributed by atoms with van der Waals surface area (Å²) in [5.41, 5.74) is 0.994. The average Bonchev–Trinajstić information content (AvgIpc) is 2.54. The predicted octanol–water partition coefficient (Wildman–Crippen LogP) is 4.61. The minimum absolute atomic E-state index is 0.758. The minimum Gasteiger partial charge on any atom is -0.497 e. The van der Waals surface area contributed by atoms with Gasteiger partial charge in [-0.2, -0.15) is 0 Å². The van der Waals surface area contributed by atoms with E-state index in [1.54, 1.807) is 7.11 Å². The molecule has 0 amide bonds. The molecule has 0 aromatic heterocycles. The topological polar surface area (TPSA) is 33.7 Å². The van der Waals surface area contributed by atoms with E-state index in [0.717, 1.165) is 46.9 Å². The van der Waals surface area contributed by atoms with E-state index in [1.165, 1.54) is 0 Å². The molecular weight excluding hydrogens is 356 g/mol.